The summed E-state index contributed by atoms with van der Waals surface area (Å²) in [5.41, 5.74) is 9.77. The van der Waals surface area contributed by atoms with Gasteiger partial charge in [-0.05, 0) is 34.2 Å². The van der Waals surface area contributed by atoms with Gasteiger partial charge in [0.2, 0.25) is 0 Å². The maximum atomic E-state index is 13.1. The first kappa shape index (κ1) is 11.4. The van der Waals surface area contributed by atoms with Crippen molar-refractivity contribution in [3.8, 4) is 0 Å². The number of rotatable bonds is 2. The average molecular weight is 241 g/mol. The second kappa shape index (κ2) is 4.56. The van der Waals surface area contributed by atoms with Gasteiger partial charge in [-0.25, -0.2) is 4.39 Å². The Morgan fingerprint density at radius 2 is 2.11 bits per heavy atom. The fourth-order valence-corrected chi connectivity index (χ4v) is 2.38. The number of nitrogens with two attached hydrogens (primary N) is 1. The van der Waals surface area contributed by atoms with E-state index in [1.54, 1.807) is 12.1 Å². The number of benzene rings is 2. The molecule has 0 atom stereocenters. The van der Waals surface area contributed by atoms with Gasteiger partial charge in [-0.15, -0.1) is 0 Å². The quantitative estimate of drug-likeness (QED) is 0.793. The van der Waals surface area contributed by atoms with Gasteiger partial charge in [0.1, 0.15) is 5.82 Å². The van der Waals surface area contributed by atoms with Crippen LogP contribution in [0, 0.1) is 5.82 Å². The van der Waals surface area contributed by atoms with Crippen molar-refractivity contribution < 1.29 is 9.04 Å². The lowest BCUT2D eigenvalue weighted by molar-refractivity contribution is 0.336. The Balaban J connectivity index is 2.00. The molecule has 90 valence electrons. The number of hydrogen-bond acceptors (Lipinski definition) is 2. The van der Waals surface area contributed by atoms with Gasteiger partial charge in [-0.2, -0.15) is 0 Å². The minimum absolute atomic E-state index is 0.105. The Bertz CT molecular complexity index is 588. The zero-order valence-corrected chi connectivity index (χ0v) is 9.90. The molecule has 0 saturated heterocycles. The van der Waals surface area contributed by atoms with Crippen molar-refractivity contribution in [2.75, 3.05) is 0 Å². The van der Waals surface area contributed by atoms with Crippen LogP contribution in [0.3, 0.4) is 0 Å². The highest BCUT2D eigenvalue weighted by molar-refractivity contribution is 6.81. The molecule has 0 aromatic heterocycles. The smallest absolute Gasteiger partial charge is 0.362 e. The minimum Gasteiger partial charge on any atom is -0.423 e. The molecular formula is C14H13BFNO. The second-order valence-electron chi connectivity index (χ2n) is 4.48. The van der Waals surface area contributed by atoms with Gasteiger partial charge < -0.3 is 10.4 Å². The summed E-state index contributed by atoms with van der Waals surface area (Å²) >= 11 is 0. The number of halogens is 1. The Morgan fingerprint density at radius 1 is 1.22 bits per heavy atom. The van der Waals surface area contributed by atoms with Crippen LogP contribution in [0.4, 0.5) is 4.39 Å². The van der Waals surface area contributed by atoms with E-state index in [1.165, 1.54) is 6.07 Å². The van der Waals surface area contributed by atoms with Gasteiger partial charge in [-0.3, -0.25) is 0 Å². The topological polar surface area (TPSA) is 35.2 Å². The van der Waals surface area contributed by atoms with Crippen LogP contribution >= 0.6 is 0 Å². The maximum absolute atomic E-state index is 13.1. The molecule has 0 radical (unpaired) electrons. The van der Waals surface area contributed by atoms with E-state index in [2.05, 4.69) is 0 Å². The fourth-order valence-electron chi connectivity index (χ4n) is 2.38. The summed E-state index contributed by atoms with van der Waals surface area (Å²) in [6, 6.07) is 12.9. The molecule has 1 aliphatic heterocycles. The fraction of sp³-hybridized carbons (Fsp3) is 0.143. The highest BCUT2D eigenvalue weighted by Gasteiger charge is 2.30. The first-order valence-corrected chi connectivity index (χ1v) is 5.97. The van der Waals surface area contributed by atoms with Crippen LogP contribution in [0.2, 0.25) is 0 Å². The van der Waals surface area contributed by atoms with Gasteiger partial charge in [0.05, 0.1) is 6.61 Å². The summed E-state index contributed by atoms with van der Waals surface area (Å²) in [5.74, 6) is -0.214. The normalized spacial score (nSPS) is 13.8. The molecule has 2 N–H and O–H groups in total. The van der Waals surface area contributed by atoms with E-state index >= 15 is 0 Å². The van der Waals surface area contributed by atoms with E-state index in [-0.39, 0.29) is 12.7 Å². The highest BCUT2D eigenvalue weighted by atomic mass is 19.1. The van der Waals surface area contributed by atoms with Gasteiger partial charge in [0.25, 0.3) is 0 Å². The molecular weight excluding hydrogens is 228 g/mol. The van der Waals surface area contributed by atoms with Crippen molar-refractivity contribution in [3.63, 3.8) is 0 Å². The van der Waals surface area contributed by atoms with Crippen LogP contribution in [0.1, 0.15) is 11.1 Å². The third-order valence-corrected chi connectivity index (χ3v) is 3.28. The van der Waals surface area contributed by atoms with Gasteiger partial charge in [-0.1, -0.05) is 30.3 Å². The third-order valence-electron chi connectivity index (χ3n) is 3.28. The molecule has 4 heteroatoms. The molecule has 0 amide bonds. The van der Waals surface area contributed by atoms with Crippen molar-refractivity contribution in [1.29, 1.82) is 0 Å². The van der Waals surface area contributed by atoms with Gasteiger partial charge in [0.15, 0.2) is 0 Å². The van der Waals surface area contributed by atoms with E-state index in [0.29, 0.717) is 13.2 Å². The van der Waals surface area contributed by atoms with E-state index in [0.717, 1.165) is 22.1 Å². The Hall–Kier alpha value is -1.65. The molecule has 2 aromatic rings. The lowest BCUT2D eigenvalue weighted by Crippen LogP contribution is -2.41. The maximum Gasteiger partial charge on any atom is 0.362 e. The molecule has 3 rings (SSSR count). The molecule has 0 aliphatic carbocycles. The van der Waals surface area contributed by atoms with Crippen LogP contribution < -0.4 is 16.7 Å². The van der Waals surface area contributed by atoms with Crippen molar-refractivity contribution in [2.24, 2.45) is 5.73 Å². The van der Waals surface area contributed by atoms with Crippen molar-refractivity contribution >= 4 is 17.8 Å². The Kier molecular flexibility index (Phi) is 2.90. The standard InChI is InChI=1S/C14H13BFNO/c16-13-4-5-14-11(7-13)9-18-15(14)12-3-1-2-10(6-12)8-17/h1-7H,8-9,17H2. The molecule has 1 heterocycles. The van der Waals surface area contributed by atoms with Crippen LogP contribution in [-0.2, 0) is 17.8 Å². The number of hydrogen-bond donors (Lipinski definition) is 1. The monoisotopic (exact) mass is 241 g/mol. The third kappa shape index (κ3) is 1.94. The van der Waals surface area contributed by atoms with Crippen LogP contribution in [-0.4, -0.2) is 6.92 Å². The largest absolute Gasteiger partial charge is 0.423 e. The summed E-state index contributed by atoms with van der Waals surface area (Å²) in [6.45, 7) is 0.869. The molecule has 0 unspecified atom stereocenters. The van der Waals surface area contributed by atoms with E-state index in [1.807, 2.05) is 24.3 Å². The molecule has 2 nitrogen and oxygen atoms in total. The zero-order valence-electron chi connectivity index (χ0n) is 9.90. The molecule has 0 fully saturated rings. The molecule has 0 bridgehead atoms. The van der Waals surface area contributed by atoms with Crippen LogP contribution in [0.5, 0.6) is 0 Å². The Morgan fingerprint density at radius 3 is 2.94 bits per heavy atom. The van der Waals surface area contributed by atoms with Gasteiger partial charge in [0, 0.05) is 6.54 Å². The minimum atomic E-state index is -0.214. The molecule has 18 heavy (non-hydrogen) atoms. The highest BCUT2D eigenvalue weighted by Crippen LogP contribution is 2.13. The predicted octanol–water partition coefficient (Wildman–Crippen LogP) is 0.920. The zero-order chi connectivity index (χ0) is 12.5. The molecule has 0 saturated carbocycles. The molecule has 0 spiro atoms. The SMILES string of the molecule is NCc1cccc(B2OCc3cc(F)ccc32)c1. The van der Waals surface area contributed by atoms with Crippen LogP contribution in [0.15, 0.2) is 42.5 Å². The van der Waals surface area contributed by atoms with Crippen molar-refractivity contribution in [3.05, 3.63) is 59.4 Å². The van der Waals surface area contributed by atoms with E-state index in [9.17, 15) is 4.39 Å². The second-order valence-corrected chi connectivity index (χ2v) is 4.48. The van der Waals surface area contributed by atoms with E-state index in [4.69, 9.17) is 10.4 Å². The average Bonchev–Trinajstić information content (AvgIpc) is 2.81. The van der Waals surface area contributed by atoms with Crippen molar-refractivity contribution in [1.82, 2.24) is 0 Å². The lowest BCUT2D eigenvalue weighted by atomic mass is 9.55. The Labute approximate surface area is 106 Å². The summed E-state index contributed by atoms with van der Waals surface area (Å²) < 4.78 is 18.9. The van der Waals surface area contributed by atoms with Crippen molar-refractivity contribution in [2.45, 2.75) is 13.2 Å². The lowest BCUT2D eigenvalue weighted by Gasteiger charge is -2.08. The molecule has 1 aliphatic rings. The van der Waals surface area contributed by atoms with Gasteiger partial charge >= 0.3 is 6.92 Å². The molecule has 2 aromatic carbocycles. The van der Waals surface area contributed by atoms with E-state index < -0.39 is 0 Å². The van der Waals surface area contributed by atoms with Crippen LogP contribution in [0.25, 0.3) is 0 Å². The summed E-state index contributed by atoms with van der Waals surface area (Å²) in [7, 11) is 0. The first-order chi connectivity index (χ1) is 8.78. The summed E-state index contributed by atoms with van der Waals surface area (Å²) in [5, 5.41) is 0. The predicted molar refractivity (Wildman–Crippen MR) is 70.5 cm³/mol. The summed E-state index contributed by atoms with van der Waals surface area (Å²) in [4.78, 5) is 0. The number of fused-ring (bicyclic) bond motifs is 1. The summed E-state index contributed by atoms with van der Waals surface area (Å²) in [6.07, 6.45) is 0. The first-order valence-electron chi connectivity index (χ1n) is 5.97.